The van der Waals surface area contributed by atoms with E-state index in [0.717, 1.165) is 12.2 Å². The van der Waals surface area contributed by atoms with E-state index in [0.29, 0.717) is 13.0 Å². The summed E-state index contributed by atoms with van der Waals surface area (Å²) in [4.78, 5) is 22.1. The molecule has 1 heterocycles. The van der Waals surface area contributed by atoms with Gasteiger partial charge in [0, 0.05) is 12.3 Å². The Bertz CT molecular complexity index is 244. The van der Waals surface area contributed by atoms with Crippen molar-refractivity contribution in [2.45, 2.75) is 26.3 Å². The fourth-order valence-corrected chi connectivity index (χ4v) is 1.52. The molecular weight excluding hydrogens is 218 g/mol. The molecule has 1 saturated heterocycles. The highest BCUT2D eigenvalue weighted by Crippen LogP contribution is 2.10. The van der Waals surface area contributed by atoms with Crippen molar-refractivity contribution in [2.75, 3.05) is 13.2 Å². The van der Waals surface area contributed by atoms with Crippen LogP contribution in [0.15, 0.2) is 0 Å². The first-order valence-electron chi connectivity index (χ1n) is 4.84. The van der Waals surface area contributed by atoms with Gasteiger partial charge in [-0.05, 0) is 0 Å². The summed E-state index contributed by atoms with van der Waals surface area (Å²) < 4.78 is 12.6. The van der Waals surface area contributed by atoms with Gasteiger partial charge in [-0.25, -0.2) is 4.72 Å². The van der Waals surface area contributed by atoms with E-state index in [-0.39, 0.29) is 30.3 Å². The van der Waals surface area contributed by atoms with Crippen molar-refractivity contribution in [3.8, 4) is 0 Å². The molecule has 0 aromatic carbocycles. The third kappa shape index (κ3) is 4.19. The lowest BCUT2D eigenvalue weighted by Gasteiger charge is -2.07. The van der Waals surface area contributed by atoms with E-state index in [2.05, 4.69) is 4.72 Å². The molecule has 1 atom stereocenters. The molecule has 0 aromatic heterocycles. The van der Waals surface area contributed by atoms with Crippen LogP contribution in [0.5, 0.6) is 0 Å². The van der Waals surface area contributed by atoms with Crippen LogP contribution in [0.2, 0.25) is 0 Å². The number of rotatable bonds is 6. The van der Waals surface area contributed by atoms with Gasteiger partial charge in [-0.15, -0.1) is 0 Å². The number of Topliss-reactive ketones (excluding diaryl/α,β-unsaturated/α-hetero) is 1. The molecule has 86 valence electrons. The van der Waals surface area contributed by atoms with Crippen molar-refractivity contribution >= 4 is 24.0 Å². The molecule has 1 N–H and O–H groups in total. The van der Waals surface area contributed by atoms with Gasteiger partial charge in [0.1, 0.15) is 12.6 Å². The van der Waals surface area contributed by atoms with Crippen molar-refractivity contribution in [1.29, 1.82) is 0 Å². The van der Waals surface area contributed by atoms with E-state index < -0.39 is 0 Å². The third-order valence-corrected chi connectivity index (χ3v) is 2.65. The van der Waals surface area contributed by atoms with Crippen molar-refractivity contribution < 1.29 is 18.5 Å². The van der Waals surface area contributed by atoms with Crippen molar-refractivity contribution in [3.63, 3.8) is 0 Å². The molecule has 0 aromatic rings. The second kappa shape index (κ2) is 6.09. The van der Waals surface area contributed by atoms with Gasteiger partial charge in [-0.1, -0.05) is 13.8 Å². The number of esters is 1. The van der Waals surface area contributed by atoms with Gasteiger partial charge in [0.05, 0.1) is 18.8 Å². The van der Waals surface area contributed by atoms with Gasteiger partial charge in [0.15, 0.2) is 5.78 Å². The Kier molecular flexibility index (Phi) is 5.07. The third-order valence-electron chi connectivity index (χ3n) is 2.03. The smallest absolute Gasteiger partial charge is 0.324 e. The quantitative estimate of drug-likeness (QED) is 0.315. The first-order valence-corrected chi connectivity index (χ1v) is 5.58. The number of hydrogen-bond donors (Lipinski definition) is 1. The Morgan fingerprint density at radius 3 is 3.00 bits per heavy atom. The summed E-state index contributed by atoms with van der Waals surface area (Å²) in [5.41, 5.74) is 0. The number of cyclic esters (lactones) is 1. The summed E-state index contributed by atoms with van der Waals surface area (Å²) in [5, 5.41) is 0. The van der Waals surface area contributed by atoms with Gasteiger partial charge < -0.3 is 4.74 Å². The Labute approximate surface area is 93.2 Å². The predicted octanol–water partition coefficient (Wildman–Crippen LogP) is 0.696. The Morgan fingerprint density at radius 1 is 1.73 bits per heavy atom. The second-order valence-corrected chi connectivity index (χ2v) is 4.23. The van der Waals surface area contributed by atoms with E-state index in [9.17, 15) is 9.59 Å². The topological polar surface area (TPSA) is 64.6 Å². The molecule has 5 nitrogen and oxygen atoms in total. The van der Waals surface area contributed by atoms with Crippen molar-refractivity contribution in [2.24, 2.45) is 5.92 Å². The molecule has 0 saturated carbocycles. The number of carbonyl (C=O) groups excluding carboxylic acids is 2. The molecule has 1 fully saturated rings. The molecule has 1 unspecified atom stereocenters. The van der Waals surface area contributed by atoms with Gasteiger partial charge in [0.2, 0.25) is 0 Å². The van der Waals surface area contributed by atoms with Gasteiger partial charge in [-0.2, -0.15) is 0 Å². The standard InChI is InChI=1S/C9H15NO4S/c1-6(2)8(11)5-14-15-10-7-3-4-13-9(7)12/h6-7,10H,3-5H2,1-2H3. The zero-order chi connectivity index (χ0) is 11.3. The molecule has 6 heteroatoms. The minimum atomic E-state index is -0.316. The van der Waals surface area contributed by atoms with Crippen LogP contribution < -0.4 is 4.72 Å². The van der Waals surface area contributed by atoms with Crippen LogP contribution in [0, 0.1) is 5.92 Å². The van der Waals surface area contributed by atoms with E-state index in [1.165, 1.54) is 0 Å². The minimum absolute atomic E-state index is 0.0259. The fourth-order valence-electron chi connectivity index (χ4n) is 0.949. The predicted molar refractivity (Wildman–Crippen MR) is 55.9 cm³/mol. The Morgan fingerprint density at radius 2 is 2.47 bits per heavy atom. The molecule has 0 bridgehead atoms. The average Bonchev–Trinajstić information content (AvgIpc) is 2.58. The summed E-state index contributed by atoms with van der Waals surface area (Å²) >= 11 is 0.928. The van der Waals surface area contributed by atoms with Gasteiger partial charge in [0.25, 0.3) is 0 Å². The van der Waals surface area contributed by atoms with Crippen LogP contribution in [0.3, 0.4) is 0 Å². The molecular formula is C9H15NO4S. The highest BCUT2D eigenvalue weighted by atomic mass is 32.2. The summed E-state index contributed by atoms with van der Waals surface area (Å²) in [6.45, 7) is 4.13. The van der Waals surface area contributed by atoms with Crippen LogP contribution in [-0.4, -0.2) is 31.0 Å². The van der Waals surface area contributed by atoms with Crippen LogP contribution in [0.4, 0.5) is 0 Å². The largest absolute Gasteiger partial charge is 0.464 e. The lowest BCUT2D eigenvalue weighted by Crippen LogP contribution is -2.28. The maximum absolute atomic E-state index is 11.1. The maximum Gasteiger partial charge on any atom is 0.324 e. The van der Waals surface area contributed by atoms with Crippen LogP contribution >= 0.6 is 12.2 Å². The number of carbonyl (C=O) groups is 2. The summed E-state index contributed by atoms with van der Waals surface area (Å²) in [6.07, 6.45) is 0.646. The van der Waals surface area contributed by atoms with Crippen molar-refractivity contribution in [1.82, 2.24) is 4.72 Å². The zero-order valence-corrected chi connectivity index (χ0v) is 9.63. The molecule has 1 aliphatic heterocycles. The van der Waals surface area contributed by atoms with Crippen LogP contribution in [-0.2, 0) is 18.5 Å². The first kappa shape index (κ1) is 12.5. The van der Waals surface area contributed by atoms with Gasteiger partial charge >= 0.3 is 5.97 Å². The minimum Gasteiger partial charge on any atom is -0.464 e. The SMILES string of the molecule is CC(C)C(=O)COSNC1CCOC1=O. The fraction of sp³-hybridized carbons (Fsp3) is 0.778. The summed E-state index contributed by atoms with van der Waals surface area (Å²) in [5.74, 6) is -0.248. The molecule has 0 aliphatic carbocycles. The number of nitrogens with one attached hydrogen (secondary N) is 1. The highest BCUT2D eigenvalue weighted by molar-refractivity contribution is 7.92. The normalized spacial score (nSPS) is 20.7. The molecule has 0 spiro atoms. The molecule has 0 radical (unpaired) electrons. The van der Waals surface area contributed by atoms with Crippen LogP contribution in [0.1, 0.15) is 20.3 Å². The first-order chi connectivity index (χ1) is 7.11. The lowest BCUT2D eigenvalue weighted by molar-refractivity contribution is -0.139. The zero-order valence-electron chi connectivity index (χ0n) is 8.82. The van der Waals surface area contributed by atoms with E-state index in [1.54, 1.807) is 0 Å². The van der Waals surface area contributed by atoms with Crippen molar-refractivity contribution in [3.05, 3.63) is 0 Å². The number of hydrogen-bond acceptors (Lipinski definition) is 6. The van der Waals surface area contributed by atoms with Gasteiger partial charge in [-0.3, -0.25) is 13.8 Å². The Balaban J connectivity index is 2.06. The highest BCUT2D eigenvalue weighted by Gasteiger charge is 2.26. The molecule has 15 heavy (non-hydrogen) atoms. The maximum atomic E-state index is 11.1. The molecule has 0 amide bonds. The average molecular weight is 233 g/mol. The van der Waals surface area contributed by atoms with Crippen LogP contribution in [0.25, 0.3) is 0 Å². The lowest BCUT2D eigenvalue weighted by atomic mass is 10.1. The monoisotopic (exact) mass is 233 g/mol. The second-order valence-electron chi connectivity index (χ2n) is 3.59. The molecule has 1 aliphatic rings. The number of ketones is 1. The Hall–Kier alpha value is -0.590. The molecule has 1 rings (SSSR count). The number of ether oxygens (including phenoxy) is 1. The van der Waals surface area contributed by atoms with E-state index in [4.69, 9.17) is 8.92 Å². The summed E-state index contributed by atoms with van der Waals surface area (Å²) in [7, 11) is 0. The van der Waals surface area contributed by atoms with E-state index in [1.807, 2.05) is 13.8 Å². The van der Waals surface area contributed by atoms with E-state index >= 15 is 0 Å². The summed E-state index contributed by atoms with van der Waals surface area (Å²) in [6, 6.07) is -0.316.